The minimum Gasteiger partial charge on any atom is -0.496 e. The molecular weight excluding hydrogens is 492 g/mol. The van der Waals surface area contributed by atoms with E-state index in [1.807, 2.05) is 13.0 Å². The second-order valence-corrected chi connectivity index (χ2v) is 8.44. The number of hydrogen-bond donors (Lipinski definition) is 2. The van der Waals surface area contributed by atoms with Gasteiger partial charge in [-0.15, -0.1) is 0 Å². The molecule has 0 fully saturated rings. The van der Waals surface area contributed by atoms with Crippen LogP contribution in [0.4, 0.5) is 11.8 Å². The summed E-state index contributed by atoms with van der Waals surface area (Å²) < 4.78 is 32.0. The molecule has 0 saturated heterocycles. The molecule has 1 heterocycles. The number of rotatable bonds is 20. The van der Waals surface area contributed by atoms with Gasteiger partial charge in [-0.2, -0.15) is 4.98 Å². The van der Waals surface area contributed by atoms with Crippen LogP contribution >= 0.6 is 0 Å². The normalized spacial score (nSPS) is 10.9. The van der Waals surface area contributed by atoms with Crippen molar-refractivity contribution >= 4 is 17.7 Å². The number of esters is 1. The van der Waals surface area contributed by atoms with Crippen LogP contribution < -0.4 is 15.8 Å². The van der Waals surface area contributed by atoms with E-state index in [1.54, 1.807) is 26.4 Å². The number of carbonyl (C=O) groups is 1. The minimum absolute atomic E-state index is 0.137. The summed E-state index contributed by atoms with van der Waals surface area (Å²) in [5.41, 5.74) is 8.90. The third kappa shape index (κ3) is 11.2. The summed E-state index contributed by atoms with van der Waals surface area (Å²) in [5, 5.41) is 3.36. The van der Waals surface area contributed by atoms with Crippen molar-refractivity contribution in [2.45, 2.75) is 33.1 Å². The molecule has 1 aromatic heterocycles. The molecule has 2 aromatic rings. The van der Waals surface area contributed by atoms with Crippen LogP contribution in [0.2, 0.25) is 0 Å². The molecular formula is C27H42N4O7. The molecule has 212 valence electrons. The number of ether oxygens (including phenoxy) is 6. The van der Waals surface area contributed by atoms with Crippen LogP contribution in [0.1, 0.15) is 46.9 Å². The molecule has 0 saturated carbocycles. The monoisotopic (exact) mass is 534 g/mol. The predicted molar refractivity (Wildman–Crippen MR) is 145 cm³/mol. The smallest absolute Gasteiger partial charge is 0.338 e. The molecule has 38 heavy (non-hydrogen) atoms. The number of aryl methyl sites for hydroxylation is 1. The maximum atomic E-state index is 12.5. The van der Waals surface area contributed by atoms with E-state index in [4.69, 9.17) is 34.2 Å². The number of benzene rings is 1. The first-order valence-electron chi connectivity index (χ1n) is 12.9. The van der Waals surface area contributed by atoms with Gasteiger partial charge in [0.2, 0.25) is 5.95 Å². The summed E-state index contributed by atoms with van der Waals surface area (Å²) in [7, 11) is 3.20. The molecule has 0 radical (unpaired) electrons. The molecule has 0 spiro atoms. The van der Waals surface area contributed by atoms with Gasteiger partial charge in [-0.1, -0.05) is 19.4 Å². The van der Waals surface area contributed by atoms with Crippen LogP contribution in [0.3, 0.4) is 0 Å². The number of nitrogens with one attached hydrogen (secondary N) is 1. The van der Waals surface area contributed by atoms with Gasteiger partial charge in [0.15, 0.2) is 0 Å². The zero-order valence-corrected chi connectivity index (χ0v) is 23.0. The summed E-state index contributed by atoms with van der Waals surface area (Å²) in [6.07, 6.45) is 2.61. The maximum absolute atomic E-state index is 12.5. The molecule has 0 atom stereocenters. The van der Waals surface area contributed by atoms with Gasteiger partial charge in [0.1, 0.15) is 18.2 Å². The molecule has 2 rings (SSSR count). The van der Waals surface area contributed by atoms with Crippen molar-refractivity contribution in [3.63, 3.8) is 0 Å². The highest BCUT2D eigenvalue weighted by Gasteiger charge is 2.16. The molecule has 0 bridgehead atoms. The number of hydrogen-bond acceptors (Lipinski definition) is 11. The largest absolute Gasteiger partial charge is 0.496 e. The Bertz CT molecular complexity index is 975. The minimum atomic E-state index is -0.447. The van der Waals surface area contributed by atoms with E-state index >= 15 is 0 Å². The van der Waals surface area contributed by atoms with Crippen LogP contribution in [-0.2, 0) is 30.1 Å². The summed E-state index contributed by atoms with van der Waals surface area (Å²) >= 11 is 0. The summed E-state index contributed by atoms with van der Waals surface area (Å²) in [5.74, 6) is 1.08. The molecule has 11 heteroatoms. The summed E-state index contributed by atoms with van der Waals surface area (Å²) in [6, 6.07) is 5.26. The van der Waals surface area contributed by atoms with E-state index < -0.39 is 5.97 Å². The van der Waals surface area contributed by atoms with Crippen LogP contribution in [-0.4, -0.2) is 89.6 Å². The fourth-order valence-electron chi connectivity index (χ4n) is 3.53. The Labute approximate surface area is 225 Å². The Balaban J connectivity index is 1.83. The average Bonchev–Trinajstić information content (AvgIpc) is 2.91. The van der Waals surface area contributed by atoms with Crippen LogP contribution in [0.25, 0.3) is 0 Å². The second kappa shape index (κ2) is 18.3. The number of methoxy groups -OCH3 is 2. The third-order valence-electron chi connectivity index (χ3n) is 5.58. The lowest BCUT2D eigenvalue weighted by Gasteiger charge is -2.16. The SMILES string of the molecule is CCCCNc1nc(N)nc(C)c1Cc1ccc(C(=O)OCCOCCOCCOCCOC)cc1OC. The lowest BCUT2D eigenvalue weighted by atomic mass is 10.0. The molecule has 0 aliphatic heterocycles. The van der Waals surface area contributed by atoms with Gasteiger partial charge in [0.05, 0.1) is 58.9 Å². The Morgan fingerprint density at radius 1 is 0.947 bits per heavy atom. The van der Waals surface area contributed by atoms with Gasteiger partial charge in [-0.3, -0.25) is 0 Å². The molecule has 3 N–H and O–H groups in total. The van der Waals surface area contributed by atoms with E-state index in [0.29, 0.717) is 57.4 Å². The van der Waals surface area contributed by atoms with Gasteiger partial charge < -0.3 is 39.5 Å². The van der Waals surface area contributed by atoms with Crippen molar-refractivity contribution in [2.75, 3.05) is 84.7 Å². The van der Waals surface area contributed by atoms with Crippen molar-refractivity contribution in [2.24, 2.45) is 0 Å². The molecule has 0 unspecified atom stereocenters. The summed E-state index contributed by atoms with van der Waals surface area (Å²) in [4.78, 5) is 21.3. The van der Waals surface area contributed by atoms with Crippen molar-refractivity contribution in [1.82, 2.24) is 9.97 Å². The number of carbonyl (C=O) groups excluding carboxylic acids is 1. The quantitative estimate of drug-likeness (QED) is 0.192. The average molecular weight is 535 g/mol. The molecule has 0 aliphatic carbocycles. The van der Waals surface area contributed by atoms with Crippen molar-refractivity contribution < 1.29 is 33.2 Å². The number of unbranched alkanes of at least 4 members (excludes halogenated alkanes) is 1. The molecule has 0 amide bonds. The number of nitrogen functional groups attached to an aromatic ring is 1. The van der Waals surface area contributed by atoms with Crippen LogP contribution in [0.15, 0.2) is 18.2 Å². The van der Waals surface area contributed by atoms with Gasteiger partial charge in [-0.25, -0.2) is 9.78 Å². The lowest BCUT2D eigenvalue weighted by Crippen LogP contribution is -2.14. The van der Waals surface area contributed by atoms with Crippen molar-refractivity contribution in [1.29, 1.82) is 0 Å². The van der Waals surface area contributed by atoms with Crippen molar-refractivity contribution in [3.05, 3.63) is 40.6 Å². The topological polar surface area (TPSA) is 136 Å². The van der Waals surface area contributed by atoms with E-state index in [9.17, 15) is 4.79 Å². The number of aromatic nitrogens is 2. The third-order valence-corrected chi connectivity index (χ3v) is 5.58. The molecule has 0 aliphatic rings. The maximum Gasteiger partial charge on any atom is 0.338 e. The van der Waals surface area contributed by atoms with Crippen molar-refractivity contribution in [3.8, 4) is 5.75 Å². The Kier molecular flexibility index (Phi) is 15.0. The van der Waals surface area contributed by atoms with E-state index in [1.165, 1.54) is 0 Å². The van der Waals surface area contributed by atoms with Gasteiger partial charge in [0.25, 0.3) is 0 Å². The first kappa shape index (κ1) is 31.2. The van der Waals surface area contributed by atoms with E-state index in [2.05, 4.69) is 22.2 Å². The first-order valence-corrected chi connectivity index (χ1v) is 12.9. The fraction of sp³-hybridized carbons (Fsp3) is 0.593. The Morgan fingerprint density at radius 2 is 1.61 bits per heavy atom. The fourth-order valence-corrected chi connectivity index (χ4v) is 3.53. The number of anilines is 2. The highest BCUT2D eigenvalue weighted by atomic mass is 16.6. The van der Waals surface area contributed by atoms with Crippen LogP contribution in [0.5, 0.6) is 5.75 Å². The van der Waals surface area contributed by atoms with Crippen LogP contribution in [0, 0.1) is 6.92 Å². The van der Waals surface area contributed by atoms with Gasteiger partial charge >= 0.3 is 5.97 Å². The predicted octanol–water partition coefficient (Wildman–Crippen LogP) is 3.03. The molecule has 1 aromatic carbocycles. The highest BCUT2D eigenvalue weighted by molar-refractivity contribution is 5.90. The van der Waals surface area contributed by atoms with Gasteiger partial charge in [-0.05, 0) is 31.0 Å². The highest BCUT2D eigenvalue weighted by Crippen LogP contribution is 2.28. The Hall–Kier alpha value is -2.99. The zero-order chi connectivity index (χ0) is 27.6. The zero-order valence-electron chi connectivity index (χ0n) is 23.0. The number of nitrogens with two attached hydrogens (primary N) is 1. The lowest BCUT2D eigenvalue weighted by molar-refractivity contribution is -0.00551. The van der Waals surface area contributed by atoms with Gasteiger partial charge in [0, 0.05) is 31.3 Å². The van der Waals surface area contributed by atoms with E-state index in [-0.39, 0.29) is 19.2 Å². The Morgan fingerprint density at radius 3 is 2.24 bits per heavy atom. The van der Waals surface area contributed by atoms with E-state index in [0.717, 1.165) is 42.0 Å². The standard InChI is InChI=1S/C27H42N4O7/c1-5-6-9-29-25-23(20(2)30-27(28)31-25)18-21-7-8-22(19-24(21)34-4)26(32)38-17-16-37-15-14-36-13-12-35-11-10-33-3/h7-8,19H,5-6,9-18H2,1-4H3,(H3,28,29,30,31). The number of nitrogens with zero attached hydrogens (tertiary/aromatic N) is 2. The first-order chi connectivity index (χ1) is 18.5. The summed E-state index contributed by atoms with van der Waals surface area (Å²) in [6.45, 7) is 8.20. The second-order valence-electron chi connectivity index (χ2n) is 8.44. The molecule has 11 nitrogen and oxygen atoms in total.